The summed E-state index contributed by atoms with van der Waals surface area (Å²) in [5, 5.41) is 0. The van der Waals surface area contributed by atoms with Crippen LogP contribution in [-0.4, -0.2) is 19.6 Å². The SMILES string of the molecule is COCCC1(CCl)CC2CCC1C2. The van der Waals surface area contributed by atoms with Crippen molar-refractivity contribution in [2.45, 2.75) is 32.1 Å². The molecule has 3 unspecified atom stereocenters. The monoisotopic (exact) mass is 202 g/mol. The van der Waals surface area contributed by atoms with Crippen LogP contribution in [0.2, 0.25) is 0 Å². The zero-order valence-corrected chi connectivity index (χ0v) is 9.15. The summed E-state index contributed by atoms with van der Waals surface area (Å²) in [7, 11) is 1.79. The number of hydrogen-bond acceptors (Lipinski definition) is 1. The lowest BCUT2D eigenvalue weighted by molar-refractivity contribution is 0.106. The Labute approximate surface area is 85.8 Å². The van der Waals surface area contributed by atoms with Crippen molar-refractivity contribution in [1.82, 2.24) is 0 Å². The summed E-state index contributed by atoms with van der Waals surface area (Å²) in [6.45, 7) is 0.885. The Morgan fingerprint density at radius 2 is 2.31 bits per heavy atom. The highest BCUT2D eigenvalue weighted by Crippen LogP contribution is 2.57. The maximum Gasteiger partial charge on any atom is 0.0468 e. The minimum absolute atomic E-state index is 0.445. The fourth-order valence-corrected chi connectivity index (χ4v) is 3.86. The minimum atomic E-state index is 0.445. The van der Waals surface area contributed by atoms with Crippen molar-refractivity contribution in [3.8, 4) is 0 Å². The summed E-state index contributed by atoms with van der Waals surface area (Å²) < 4.78 is 5.18. The van der Waals surface area contributed by atoms with Gasteiger partial charge in [0.05, 0.1) is 0 Å². The first-order valence-corrected chi connectivity index (χ1v) is 5.89. The number of hydrogen-bond donors (Lipinski definition) is 0. The summed E-state index contributed by atoms with van der Waals surface area (Å²) in [5.74, 6) is 2.74. The molecule has 2 bridgehead atoms. The Hall–Kier alpha value is 0.250. The van der Waals surface area contributed by atoms with Crippen LogP contribution in [0, 0.1) is 17.3 Å². The van der Waals surface area contributed by atoms with E-state index in [-0.39, 0.29) is 0 Å². The van der Waals surface area contributed by atoms with Crippen molar-refractivity contribution in [2.75, 3.05) is 19.6 Å². The van der Waals surface area contributed by atoms with Gasteiger partial charge in [0.15, 0.2) is 0 Å². The van der Waals surface area contributed by atoms with Crippen LogP contribution in [0.5, 0.6) is 0 Å². The Kier molecular flexibility index (Phi) is 2.85. The summed E-state index contributed by atoms with van der Waals surface area (Å²) in [6, 6.07) is 0. The van der Waals surface area contributed by atoms with Gasteiger partial charge in [-0.15, -0.1) is 11.6 Å². The molecule has 13 heavy (non-hydrogen) atoms. The molecule has 0 spiro atoms. The van der Waals surface area contributed by atoms with E-state index < -0.39 is 0 Å². The number of methoxy groups -OCH3 is 1. The lowest BCUT2D eigenvalue weighted by Crippen LogP contribution is -2.31. The van der Waals surface area contributed by atoms with Crippen molar-refractivity contribution < 1.29 is 4.74 Å². The van der Waals surface area contributed by atoms with E-state index in [2.05, 4.69) is 0 Å². The summed E-state index contributed by atoms with van der Waals surface area (Å²) in [5.41, 5.74) is 0.445. The van der Waals surface area contributed by atoms with Crippen molar-refractivity contribution in [3.63, 3.8) is 0 Å². The second kappa shape index (κ2) is 3.78. The van der Waals surface area contributed by atoms with Gasteiger partial charge in [0.25, 0.3) is 0 Å². The Morgan fingerprint density at radius 1 is 1.46 bits per heavy atom. The maximum atomic E-state index is 6.14. The molecule has 2 rings (SSSR count). The van der Waals surface area contributed by atoms with Gasteiger partial charge >= 0.3 is 0 Å². The van der Waals surface area contributed by atoms with Crippen LogP contribution < -0.4 is 0 Å². The largest absolute Gasteiger partial charge is 0.385 e. The molecule has 0 radical (unpaired) electrons. The molecule has 0 saturated heterocycles. The van der Waals surface area contributed by atoms with Gasteiger partial charge in [0, 0.05) is 19.6 Å². The molecule has 2 aliphatic rings. The van der Waals surface area contributed by atoms with Crippen LogP contribution in [-0.2, 0) is 4.74 Å². The molecule has 0 aromatic rings. The molecule has 1 nitrogen and oxygen atoms in total. The van der Waals surface area contributed by atoms with E-state index in [9.17, 15) is 0 Å². The van der Waals surface area contributed by atoms with E-state index in [1.54, 1.807) is 7.11 Å². The van der Waals surface area contributed by atoms with E-state index in [0.29, 0.717) is 5.41 Å². The number of halogens is 1. The second-order valence-electron chi connectivity index (χ2n) is 4.82. The smallest absolute Gasteiger partial charge is 0.0468 e. The lowest BCUT2D eigenvalue weighted by atomic mass is 9.72. The highest BCUT2D eigenvalue weighted by atomic mass is 35.5. The third-order valence-electron chi connectivity index (χ3n) is 4.17. The lowest BCUT2D eigenvalue weighted by Gasteiger charge is -2.35. The molecule has 3 atom stereocenters. The molecular formula is C11H19ClO. The van der Waals surface area contributed by atoms with Gasteiger partial charge in [-0.3, -0.25) is 0 Å². The van der Waals surface area contributed by atoms with Crippen molar-refractivity contribution >= 4 is 11.6 Å². The zero-order chi connectivity index (χ0) is 9.31. The van der Waals surface area contributed by atoms with Crippen LogP contribution in [0.4, 0.5) is 0 Å². The van der Waals surface area contributed by atoms with Crippen LogP contribution in [0.25, 0.3) is 0 Å². The van der Waals surface area contributed by atoms with Gasteiger partial charge < -0.3 is 4.74 Å². The van der Waals surface area contributed by atoms with Gasteiger partial charge in [-0.2, -0.15) is 0 Å². The molecule has 2 heteroatoms. The molecule has 0 aliphatic heterocycles. The predicted molar refractivity (Wildman–Crippen MR) is 55.1 cm³/mol. The topological polar surface area (TPSA) is 9.23 Å². The normalized spacial score (nSPS) is 42.9. The van der Waals surface area contributed by atoms with Crippen LogP contribution in [0.1, 0.15) is 32.1 Å². The number of ether oxygens (including phenoxy) is 1. The van der Waals surface area contributed by atoms with E-state index in [1.165, 1.54) is 32.1 Å². The highest BCUT2D eigenvalue weighted by molar-refractivity contribution is 6.18. The molecule has 0 aromatic heterocycles. The van der Waals surface area contributed by atoms with E-state index >= 15 is 0 Å². The fourth-order valence-electron chi connectivity index (χ4n) is 3.40. The highest BCUT2D eigenvalue weighted by Gasteiger charge is 2.49. The molecule has 0 aromatic carbocycles. The van der Waals surface area contributed by atoms with Gasteiger partial charge in [-0.25, -0.2) is 0 Å². The van der Waals surface area contributed by atoms with E-state index in [4.69, 9.17) is 16.3 Å². The van der Waals surface area contributed by atoms with E-state index in [0.717, 1.165) is 24.3 Å². The van der Waals surface area contributed by atoms with Crippen molar-refractivity contribution in [1.29, 1.82) is 0 Å². The van der Waals surface area contributed by atoms with Gasteiger partial charge in [-0.1, -0.05) is 6.42 Å². The Balaban J connectivity index is 1.99. The average Bonchev–Trinajstić information content (AvgIpc) is 2.74. The van der Waals surface area contributed by atoms with Crippen molar-refractivity contribution in [3.05, 3.63) is 0 Å². The summed E-state index contributed by atoms with van der Waals surface area (Å²) in [4.78, 5) is 0. The third-order valence-corrected chi connectivity index (χ3v) is 4.70. The molecule has 0 heterocycles. The number of alkyl halides is 1. The summed E-state index contributed by atoms with van der Waals surface area (Å²) >= 11 is 6.14. The Morgan fingerprint density at radius 3 is 2.77 bits per heavy atom. The molecule has 0 amide bonds. The molecule has 76 valence electrons. The molecule has 2 fully saturated rings. The van der Waals surface area contributed by atoms with Gasteiger partial charge in [0.1, 0.15) is 0 Å². The van der Waals surface area contributed by atoms with Crippen LogP contribution >= 0.6 is 11.6 Å². The Bertz CT molecular complexity index is 183. The van der Waals surface area contributed by atoms with Gasteiger partial charge in [-0.05, 0) is 42.9 Å². The number of rotatable bonds is 4. The van der Waals surface area contributed by atoms with Gasteiger partial charge in [0.2, 0.25) is 0 Å². The molecular weight excluding hydrogens is 184 g/mol. The first-order chi connectivity index (χ1) is 6.30. The standard InChI is InChI=1S/C11H19ClO/c1-13-5-4-11(8-12)7-9-2-3-10(11)6-9/h9-10H,2-8H2,1H3. The van der Waals surface area contributed by atoms with E-state index in [1.807, 2.05) is 0 Å². The summed E-state index contributed by atoms with van der Waals surface area (Å²) in [6.07, 6.45) is 6.85. The maximum absolute atomic E-state index is 6.14. The molecule has 0 N–H and O–H groups in total. The third kappa shape index (κ3) is 1.61. The number of fused-ring (bicyclic) bond motifs is 2. The van der Waals surface area contributed by atoms with Crippen LogP contribution in [0.3, 0.4) is 0 Å². The molecule has 2 aliphatic carbocycles. The zero-order valence-electron chi connectivity index (χ0n) is 8.39. The average molecular weight is 203 g/mol. The fraction of sp³-hybridized carbons (Fsp3) is 1.00. The molecule has 2 saturated carbocycles. The first-order valence-electron chi connectivity index (χ1n) is 5.35. The predicted octanol–water partition coefficient (Wildman–Crippen LogP) is 3.07. The van der Waals surface area contributed by atoms with Crippen molar-refractivity contribution in [2.24, 2.45) is 17.3 Å². The quantitative estimate of drug-likeness (QED) is 0.637. The second-order valence-corrected chi connectivity index (χ2v) is 5.09. The first kappa shape index (κ1) is 9.79. The van der Waals surface area contributed by atoms with Crippen LogP contribution in [0.15, 0.2) is 0 Å². The minimum Gasteiger partial charge on any atom is -0.385 e.